The number of benzene rings is 2. The molecule has 31 heavy (non-hydrogen) atoms. The highest BCUT2D eigenvalue weighted by atomic mass is 32.2. The SMILES string of the molecule is O=C(Nc1ccnc2c(C(F)(F)F)cccc12)c1cccc(S(=O)(=O)N2CCCC2)c1. The Morgan fingerprint density at radius 3 is 2.45 bits per heavy atom. The van der Waals surface area contributed by atoms with Gasteiger partial charge in [0.05, 0.1) is 21.7 Å². The monoisotopic (exact) mass is 449 g/mol. The molecule has 0 saturated carbocycles. The molecule has 2 aromatic carbocycles. The Kier molecular flexibility index (Phi) is 5.44. The Balaban J connectivity index is 1.66. The summed E-state index contributed by atoms with van der Waals surface area (Å²) < 4.78 is 66.7. The van der Waals surface area contributed by atoms with Crippen molar-refractivity contribution < 1.29 is 26.4 Å². The van der Waals surface area contributed by atoms with Gasteiger partial charge in [-0.05, 0) is 43.2 Å². The van der Waals surface area contributed by atoms with E-state index in [9.17, 15) is 26.4 Å². The summed E-state index contributed by atoms with van der Waals surface area (Å²) in [4.78, 5) is 16.6. The summed E-state index contributed by atoms with van der Waals surface area (Å²) in [6.45, 7) is 0.868. The minimum absolute atomic E-state index is 0.000920. The summed E-state index contributed by atoms with van der Waals surface area (Å²) in [6, 6.07) is 10.6. The fourth-order valence-electron chi connectivity index (χ4n) is 3.58. The number of carbonyl (C=O) groups excluding carboxylic acids is 1. The van der Waals surface area contributed by atoms with Crippen LogP contribution in [0.5, 0.6) is 0 Å². The normalized spacial score (nSPS) is 15.3. The molecule has 1 N–H and O–H groups in total. The van der Waals surface area contributed by atoms with Crippen LogP contribution in [0.2, 0.25) is 0 Å². The zero-order chi connectivity index (χ0) is 22.2. The van der Waals surface area contributed by atoms with Gasteiger partial charge in [0, 0.05) is 30.2 Å². The minimum Gasteiger partial charge on any atom is -0.321 e. The molecule has 1 amide bonds. The Bertz CT molecular complexity index is 1250. The van der Waals surface area contributed by atoms with Crippen LogP contribution < -0.4 is 5.32 Å². The van der Waals surface area contributed by atoms with Crippen molar-refractivity contribution in [3.05, 3.63) is 65.9 Å². The molecule has 0 atom stereocenters. The van der Waals surface area contributed by atoms with Crippen molar-refractivity contribution in [1.29, 1.82) is 0 Å². The number of aromatic nitrogens is 1. The molecule has 6 nitrogen and oxygen atoms in total. The second-order valence-corrected chi connectivity index (χ2v) is 9.09. The number of halogens is 3. The highest BCUT2D eigenvalue weighted by Crippen LogP contribution is 2.35. The predicted octanol–water partition coefficient (Wildman–Crippen LogP) is 4.29. The lowest BCUT2D eigenvalue weighted by Gasteiger charge is -2.16. The van der Waals surface area contributed by atoms with Crippen molar-refractivity contribution in [2.45, 2.75) is 23.9 Å². The molecule has 1 aliphatic rings. The third-order valence-corrected chi connectivity index (χ3v) is 7.02. The summed E-state index contributed by atoms with van der Waals surface area (Å²) in [5, 5.41) is 2.70. The van der Waals surface area contributed by atoms with Gasteiger partial charge in [0.25, 0.3) is 5.91 Å². The lowest BCUT2D eigenvalue weighted by Crippen LogP contribution is -2.28. The van der Waals surface area contributed by atoms with Crippen LogP contribution in [0.3, 0.4) is 0 Å². The number of nitrogens with one attached hydrogen (secondary N) is 1. The van der Waals surface area contributed by atoms with Crippen LogP contribution in [-0.2, 0) is 16.2 Å². The molecule has 2 heterocycles. The second-order valence-electron chi connectivity index (χ2n) is 7.15. The Morgan fingerprint density at radius 2 is 1.74 bits per heavy atom. The number of hydrogen-bond donors (Lipinski definition) is 1. The van der Waals surface area contributed by atoms with Crippen molar-refractivity contribution in [1.82, 2.24) is 9.29 Å². The summed E-state index contributed by atoms with van der Waals surface area (Å²) in [7, 11) is -3.71. The van der Waals surface area contributed by atoms with Gasteiger partial charge in [0.1, 0.15) is 0 Å². The van der Waals surface area contributed by atoms with Gasteiger partial charge < -0.3 is 5.32 Å². The molecule has 0 spiro atoms. The third-order valence-electron chi connectivity index (χ3n) is 5.12. The Labute approximate surface area is 176 Å². The van der Waals surface area contributed by atoms with Crippen molar-refractivity contribution in [3.8, 4) is 0 Å². The van der Waals surface area contributed by atoms with Gasteiger partial charge in [0.15, 0.2) is 0 Å². The van der Waals surface area contributed by atoms with E-state index in [4.69, 9.17) is 0 Å². The first-order valence-electron chi connectivity index (χ1n) is 9.54. The number of anilines is 1. The number of fused-ring (bicyclic) bond motifs is 1. The van der Waals surface area contributed by atoms with Crippen molar-refractivity contribution in [2.24, 2.45) is 0 Å². The number of alkyl halides is 3. The smallest absolute Gasteiger partial charge is 0.321 e. The number of nitrogens with zero attached hydrogens (tertiary/aromatic N) is 2. The van der Waals surface area contributed by atoms with Crippen molar-refractivity contribution in [2.75, 3.05) is 18.4 Å². The third kappa shape index (κ3) is 4.13. The van der Waals surface area contributed by atoms with E-state index in [-0.39, 0.29) is 27.0 Å². The lowest BCUT2D eigenvalue weighted by molar-refractivity contribution is -0.136. The molecule has 3 aromatic rings. The average molecular weight is 449 g/mol. The molecular formula is C21H18F3N3O3S. The van der Waals surface area contributed by atoms with Gasteiger partial charge in [-0.25, -0.2) is 8.42 Å². The molecule has 1 saturated heterocycles. The van der Waals surface area contributed by atoms with Gasteiger partial charge >= 0.3 is 6.18 Å². The van der Waals surface area contributed by atoms with E-state index in [0.29, 0.717) is 13.1 Å². The van der Waals surface area contributed by atoms with Gasteiger partial charge in [-0.3, -0.25) is 9.78 Å². The standard InChI is InChI=1S/C21H18F3N3O3S/c22-21(23,24)17-8-4-7-16-18(9-10-25-19(16)17)26-20(28)14-5-3-6-15(13-14)31(29,30)27-11-1-2-12-27/h3-10,13H,1-2,11-12H2,(H,25,26,28). The van der Waals surface area contributed by atoms with Crippen LogP contribution in [-0.4, -0.2) is 36.7 Å². The Hall–Kier alpha value is -2.98. The fourth-order valence-corrected chi connectivity index (χ4v) is 5.15. The molecule has 10 heteroatoms. The van der Waals surface area contributed by atoms with Gasteiger partial charge in [-0.15, -0.1) is 0 Å². The van der Waals surface area contributed by atoms with Crippen LogP contribution in [0.25, 0.3) is 10.9 Å². The first kappa shape index (κ1) is 21.3. The minimum atomic E-state index is -4.59. The number of amides is 1. The predicted molar refractivity (Wildman–Crippen MR) is 109 cm³/mol. The van der Waals surface area contributed by atoms with Crippen molar-refractivity contribution >= 4 is 32.5 Å². The first-order valence-corrected chi connectivity index (χ1v) is 11.0. The maximum absolute atomic E-state index is 13.3. The molecule has 0 aliphatic carbocycles. The fraction of sp³-hybridized carbons (Fsp3) is 0.238. The van der Waals surface area contributed by atoms with E-state index in [1.54, 1.807) is 0 Å². The highest BCUT2D eigenvalue weighted by molar-refractivity contribution is 7.89. The average Bonchev–Trinajstić information content (AvgIpc) is 3.29. The summed E-state index contributed by atoms with van der Waals surface area (Å²) in [5.74, 6) is -0.636. The van der Waals surface area contributed by atoms with Crippen LogP contribution in [0.4, 0.5) is 18.9 Å². The summed E-state index contributed by atoms with van der Waals surface area (Å²) in [5.41, 5.74) is -0.955. The van der Waals surface area contributed by atoms with Gasteiger partial charge in [0.2, 0.25) is 10.0 Å². The zero-order valence-corrected chi connectivity index (χ0v) is 17.0. The maximum atomic E-state index is 13.3. The van der Waals surface area contributed by atoms with E-state index in [1.807, 2.05) is 0 Å². The largest absolute Gasteiger partial charge is 0.418 e. The van der Waals surface area contributed by atoms with Crippen LogP contribution in [0.1, 0.15) is 28.8 Å². The molecular weight excluding hydrogens is 431 g/mol. The van der Waals surface area contributed by atoms with Crippen LogP contribution in [0.15, 0.2) is 59.6 Å². The molecule has 1 fully saturated rings. The molecule has 0 unspecified atom stereocenters. The van der Waals surface area contributed by atoms with Crippen LogP contribution >= 0.6 is 0 Å². The molecule has 4 rings (SSSR count). The molecule has 1 aliphatic heterocycles. The van der Waals surface area contributed by atoms with E-state index < -0.39 is 27.7 Å². The number of sulfonamides is 1. The lowest BCUT2D eigenvalue weighted by atomic mass is 10.1. The number of hydrogen-bond acceptors (Lipinski definition) is 4. The maximum Gasteiger partial charge on any atom is 0.418 e. The van der Waals surface area contributed by atoms with Crippen LogP contribution in [0, 0.1) is 0 Å². The van der Waals surface area contributed by atoms with E-state index >= 15 is 0 Å². The summed E-state index contributed by atoms with van der Waals surface area (Å²) >= 11 is 0. The summed E-state index contributed by atoms with van der Waals surface area (Å²) in [6.07, 6.45) is -1.84. The Morgan fingerprint density at radius 1 is 1.03 bits per heavy atom. The van der Waals surface area contributed by atoms with Gasteiger partial charge in [-0.2, -0.15) is 17.5 Å². The van der Waals surface area contributed by atoms with E-state index in [1.165, 1.54) is 53.0 Å². The van der Waals surface area contributed by atoms with E-state index in [2.05, 4.69) is 10.3 Å². The van der Waals surface area contributed by atoms with Crippen molar-refractivity contribution in [3.63, 3.8) is 0 Å². The van der Waals surface area contributed by atoms with Gasteiger partial charge in [-0.1, -0.05) is 18.2 Å². The number of pyridine rings is 1. The van der Waals surface area contributed by atoms with E-state index in [0.717, 1.165) is 18.9 Å². The zero-order valence-electron chi connectivity index (χ0n) is 16.2. The number of para-hydroxylation sites is 1. The molecule has 1 aromatic heterocycles. The first-order chi connectivity index (χ1) is 14.7. The molecule has 0 radical (unpaired) electrons. The number of rotatable bonds is 4. The molecule has 0 bridgehead atoms. The molecule has 162 valence electrons. The highest BCUT2D eigenvalue weighted by Gasteiger charge is 2.33. The quantitative estimate of drug-likeness (QED) is 0.645. The second kappa shape index (κ2) is 7.93. The number of carbonyl (C=O) groups is 1. The topological polar surface area (TPSA) is 79.4 Å².